The van der Waals surface area contributed by atoms with E-state index in [0.29, 0.717) is 11.8 Å². The molecule has 0 unspecified atom stereocenters. The molecule has 0 aromatic rings. The van der Waals surface area contributed by atoms with Crippen LogP contribution in [0.4, 0.5) is 0 Å². The number of hydrogen-bond donors (Lipinski definition) is 0. The third-order valence-electron chi connectivity index (χ3n) is 2.07. The second-order valence-electron chi connectivity index (χ2n) is 3.77. The summed E-state index contributed by atoms with van der Waals surface area (Å²) in [7, 11) is 0. The summed E-state index contributed by atoms with van der Waals surface area (Å²) in [4.78, 5) is 0. The van der Waals surface area contributed by atoms with E-state index in [2.05, 4.69) is 47.3 Å². The van der Waals surface area contributed by atoms with Crippen LogP contribution in [0.1, 0.15) is 34.6 Å². The number of hydrogen-bond acceptors (Lipinski definition) is 0. The standard InChI is InChI=1S/C11H20.Ru/c1-8(2)10(5)7-11(6)9(3)4;/h7-9H,5H2,1-4,6H3;. The summed E-state index contributed by atoms with van der Waals surface area (Å²) >= 11 is 0. The maximum Gasteiger partial charge on any atom is 0 e. The van der Waals surface area contributed by atoms with E-state index in [9.17, 15) is 0 Å². The Morgan fingerprint density at radius 2 is 1.50 bits per heavy atom. The van der Waals surface area contributed by atoms with Gasteiger partial charge in [0.2, 0.25) is 0 Å². The van der Waals surface area contributed by atoms with E-state index in [0.717, 1.165) is 0 Å². The molecule has 0 saturated heterocycles. The minimum Gasteiger partial charge on any atom is -0.0956 e. The first-order valence-electron chi connectivity index (χ1n) is 4.32. The van der Waals surface area contributed by atoms with Gasteiger partial charge in [-0.2, -0.15) is 0 Å². The first-order chi connectivity index (χ1) is 4.95. The van der Waals surface area contributed by atoms with Crippen LogP contribution in [0, 0.1) is 11.8 Å². The van der Waals surface area contributed by atoms with Crippen molar-refractivity contribution in [2.24, 2.45) is 11.8 Å². The van der Waals surface area contributed by atoms with Gasteiger partial charge in [0.15, 0.2) is 0 Å². The average molecular weight is 253 g/mol. The van der Waals surface area contributed by atoms with Gasteiger partial charge in [-0.25, -0.2) is 0 Å². The summed E-state index contributed by atoms with van der Waals surface area (Å²) in [6, 6.07) is 0. The molecule has 0 N–H and O–H groups in total. The van der Waals surface area contributed by atoms with Gasteiger partial charge in [0.05, 0.1) is 0 Å². The van der Waals surface area contributed by atoms with Crippen molar-refractivity contribution in [3.63, 3.8) is 0 Å². The molecule has 72 valence electrons. The third-order valence-corrected chi connectivity index (χ3v) is 2.07. The molecule has 0 spiro atoms. The van der Waals surface area contributed by atoms with Crippen LogP contribution in [0.2, 0.25) is 0 Å². The van der Waals surface area contributed by atoms with Gasteiger partial charge in [-0.15, -0.1) is 0 Å². The summed E-state index contributed by atoms with van der Waals surface area (Å²) in [5, 5.41) is 0. The Bertz CT molecular complexity index is 164. The molecule has 0 radical (unpaired) electrons. The molecule has 1 heteroatoms. The first-order valence-corrected chi connectivity index (χ1v) is 4.32. The molecule has 0 aromatic heterocycles. The fourth-order valence-electron chi connectivity index (χ4n) is 0.626. The zero-order valence-electron chi connectivity index (χ0n) is 8.79. The monoisotopic (exact) mass is 254 g/mol. The molecule has 0 nitrogen and oxygen atoms in total. The zero-order chi connectivity index (χ0) is 9.02. The van der Waals surface area contributed by atoms with Crippen LogP contribution in [-0.4, -0.2) is 0 Å². The first kappa shape index (κ1) is 14.6. The molecule has 0 bridgehead atoms. The van der Waals surface area contributed by atoms with Gasteiger partial charge in [-0.05, 0) is 18.8 Å². The van der Waals surface area contributed by atoms with Gasteiger partial charge in [-0.1, -0.05) is 51.5 Å². The van der Waals surface area contributed by atoms with Crippen molar-refractivity contribution in [3.8, 4) is 0 Å². The third kappa shape index (κ3) is 5.72. The Hall–Kier alpha value is 0.103. The van der Waals surface area contributed by atoms with Crippen molar-refractivity contribution in [1.29, 1.82) is 0 Å². The SMILES string of the molecule is C=C(C=C(C)C(C)C)C(C)C.[Ru]. The fraction of sp³-hybridized carbons (Fsp3) is 0.636. The van der Waals surface area contributed by atoms with Crippen molar-refractivity contribution in [3.05, 3.63) is 23.8 Å². The normalized spacial score (nSPS) is 11.8. The second-order valence-corrected chi connectivity index (χ2v) is 3.77. The summed E-state index contributed by atoms with van der Waals surface area (Å²) in [5.41, 5.74) is 2.65. The van der Waals surface area contributed by atoms with E-state index in [1.807, 2.05) is 0 Å². The van der Waals surface area contributed by atoms with Gasteiger partial charge in [0.1, 0.15) is 0 Å². The van der Waals surface area contributed by atoms with Crippen LogP contribution in [0.15, 0.2) is 23.8 Å². The van der Waals surface area contributed by atoms with Crippen molar-refractivity contribution >= 4 is 0 Å². The topological polar surface area (TPSA) is 0 Å². The van der Waals surface area contributed by atoms with E-state index in [4.69, 9.17) is 0 Å². The summed E-state index contributed by atoms with van der Waals surface area (Å²) in [6.07, 6.45) is 2.20. The molecule has 0 atom stereocenters. The smallest absolute Gasteiger partial charge is 0 e. The van der Waals surface area contributed by atoms with Gasteiger partial charge >= 0.3 is 0 Å². The molecular formula is C11H20Ru. The maximum atomic E-state index is 4.00. The molecule has 0 aliphatic carbocycles. The molecule has 0 fully saturated rings. The summed E-state index contributed by atoms with van der Waals surface area (Å²) in [6.45, 7) is 14.9. The van der Waals surface area contributed by atoms with E-state index in [1.54, 1.807) is 0 Å². The van der Waals surface area contributed by atoms with Gasteiger partial charge < -0.3 is 0 Å². The van der Waals surface area contributed by atoms with Gasteiger partial charge in [-0.3, -0.25) is 0 Å². The zero-order valence-corrected chi connectivity index (χ0v) is 10.5. The Morgan fingerprint density at radius 1 is 1.08 bits per heavy atom. The molecule has 0 aromatic carbocycles. The van der Waals surface area contributed by atoms with E-state index < -0.39 is 0 Å². The average Bonchev–Trinajstić information content (AvgIpc) is 1.87. The molecule has 0 saturated carbocycles. The van der Waals surface area contributed by atoms with Crippen molar-refractivity contribution in [1.82, 2.24) is 0 Å². The van der Waals surface area contributed by atoms with Crippen LogP contribution in [0.25, 0.3) is 0 Å². The molecule has 0 aliphatic heterocycles. The van der Waals surface area contributed by atoms with Crippen LogP contribution in [0.5, 0.6) is 0 Å². The molecule has 0 amide bonds. The minimum absolute atomic E-state index is 0. The van der Waals surface area contributed by atoms with Crippen molar-refractivity contribution < 1.29 is 19.5 Å². The Morgan fingerprint density at radius 3 is 1.75 bits per heavy atom. The van der Waals surface area contributed by atoms with Crippen LogP contribution >= 0.6 is 0 Å². The molecule has 0 heterocycles. The second kappa shape index (κ2) is 6.60. The predicted molar refractivity (Wildman–Crippen MR) is 52.6 cm³/mol. The van der Waals surface area contributed by atoms with Gasteiger partial charge in [0, 0.05) is 19.5 Å². The minimum atomic E-state index is 0. The van der Waals surface area contributed by atoms with Crippen molar-refractivity contribution in [2.45, 2.75) is 34.6 Å². The van der Waals surface area contributed by atoms with E-state index in [1.165, 1.54) is 11.1 Å². The van der Waals surface area contributed by atoms with Crippen LogP contribution in [-0.2, 0) is 19.5 Å². The van der Waals surface area contributed by atoms with E-state index >= 15 is 0 Å². The van der Waals surface area contributed by atoms with E-state index in [-0.39, 0.29) is 19.5 Å². The predicted octanol–water partition coefficient (Wildman–Crippen LogP) is 3.80. The van der Waals surface area contributed by atoms with Gasteiger partial charge in [0.25, 0.3) is 0 Å². The molecular weight excluding hydrogens is 233 g/mol. The number of rotatable bonds is 3. The molecule has 0 aliphatic rings. The fourth-order valence-corrected chi connectivity index (χ4v) is 0.626. The summed E-state index contributed by atoms with van der Waals surface area (Å²) in [5.74, 6) is 1.22. The quantitative estimate of drug-likeness (QED) is 0.530. The van der Waals surface area contributed by atoms with Crippen LogP contribution < -0.4 is 0 Å². The van der Waals surface area contributed by atoms with Crippen LogP contribution in [0.3, 0.4) is 0 Å². The number of allylic oxidation sites excluding steroid dienone is 3. The largest absolute Gasteiger partial charge is 0.0956 e. The summed E-state index contributed by atoms with van der Waals surface area (Å²) < 4.78 is 0. The molecule has 12 heavy (non-hydrogen) atoms. The Kier molecular flexibility index (Phi) is 8.04. The maximum absolute atomic E-state index is 4.00. The molecule has 0 rings (SSSR count). The van der Waals surface area contributed by atoms with Crippen molar-refractivity contribution in [2.75, 3.05) is 0 Å². The Labute approximate surface area is 89.9 Å². The Balaban J connectivity index is 0.